The van der Waals surface area contributed by atoms with Gasteiger partial charge in [0, 0.05) is 23.0 Å². The van der Waals surface area contributed by atoms with Crippen LogP contribution < -0.4 is 14.8 Å². The molecule has 132 valence electrons. The molecule has 0 fully saturated rings. The van der Waals surface area contributed by atoms with Crippen molar-refractivity contribution >= 4 is 5.91 Å². The smallest absolute Gasteiger partial charge is 0.251 e. The first-order valence-corrected chi connectivity index (χ1v) is 8.30. The molecule has 7 heteroatoms. The van der Waals surface area contributed by atoms with E-state index in [1.165, 1.54) is 0 Å². The second-order valence-corrected chi connectivity index (χ2v) is 6.05. The summed E-state index contributed by atoms with van der Waals surface area (Å²) in [4.78, 5) is 16.9. The van der Waals surface area contributed by atoms with Crippen LogP contribution >= 0.6 is 0 Å². The number of rotatable bonds is 4. The van der Waals surface area contributed by atoms with Gasteiger partial charge in [0.25, 0.3) is 5.91 Å². The van der Waals surface area contributed by atoms with Gasteiger partial charge in [-0.25, -0.2) is 9.67 Å². The predicted octanol–water partition coefficient (Wildman–Crippen LogP) is 2.80. The van der Waals surface area contributed by atoms with E-state index in [4.69, 9.17) is 9.47 Å². The maximum atomic E-state index is 12.6. The van der Waals surface area contributed by atoms with Crippen molar-refractivity contribution in [1.29, 1.82) is 0 Å². The number of fused-ring (bicyclic) bond motifs is 1. The lowest BCUT2D eigenvalue weighted by molar-refractivity contribution is 0.0939. The van der Waals surface area contributed by atoms with Crippen LogP contribution in [0.2, 0.25) is 0 Å². The second-order valence-electron chi connectivity index (χ2n) is 6.05. The SMILES string of the molecule is Cc1c(C(C)NC(=O)c2ccc3c(c2)OCO3)cnn1-c1ccccn1. The summed E-state index contributed by atoms with van der Waals surface area (Å²) in [5, 5.41) is 7.40. The molecule has 0 saturated carbocycles. The molecule has 1 unspecified atom stereocenters. The highest BCUT2D eigenvalue weighted by Gasteiger charge is 2.20. The van der Waals surface area contributed by atoms with Gasteiger partial charge >= 0.3 is 0 Å². The Labute approximate surface area is 150 Å². The average Bonchev–Trinajstić information content (AvgIpc) is 3.28. The Morgan fingerprint density at radius 2 is 2.08 bits per heavy atom. The molecule has 1 aromatic carbocycles. The van der Waals surface area contributed by atoms with Crippen molar-refractivity contribution in [2.45, 2.75) is 19.9 Å². The highest BCUT2D eigenvalue weighted by Crippen LogP contribution is 2.32. The minimum Gasteiger partial charge on any atom is -0.454 e. The maximum Gasteiger partial charge on any atom is 0.251 e. The topological polar surface area (TPSA) is 78.3 Å². The van der Waals surface area contributed by atoms with Crippen LogP contribution in [0, 0.1) is 6.92 Å². The number of carbonyl (C=O) groups excluding carboxylic acids is 1. The molecule has 0 aliphatic carbocycles. The summed E-state index contributed by atoms with van der Waals surface area (Å²) < 4.78 is 12.4. The van der Waals surface area contributed by atoms with E-state index in [1.807, 2.05) is 32.0 Å². The van der Waals surface area contributed by atoms with Crippen LogP contribution in [0.3, 0.4) is 0 Å². The van der Waals surface area contributed by atoms with E-state index < -0.39 is 0 Å². The molecule has 3 aromatic rings. The number of aromatic nitrogens is 3. The number of carbonyl (C=O) groups is 1. The molecule has 2 aromatic heterocycles. The van der Waals surface area contributed by atoms with E-state index in [1.54, 1.807) is 35.3 Å². The first kappa shape index (κ1) is 16.1. The molecule has 0 spiro atoms. The molecule has 0 bridgehead atoms. The molecule has 1 aliphatic rings. The van der Waals surface area contributed by atoms with Crippen molar-refractivity contribution in [3.05, 3.63) is 65.6 Å². The fraction of sp³-hybridized carbons (Fsp3) is 0.211. The Bertz CT molecular complexity index is 953. The molecule has 7 nitrogen and oxygen atoms in total. The monoisotopic (exact) mass is 350 g/mol. The molecule has 4 rings (SSSR count). The summed E-state index contributed by atoms with van der Waals surface area (Å²) in [7, 11) is 0. The van der Waals surface area contributed by atoms with Gasteiger partial charge in [0.2, 0.25) is 6.79 Å². The van der Waals surface area contributed by atoms with Gasteiger partial charge in [0.05, 0.1) is 12.2 Å². The lowest BCUT2D eigenvalue weighted by atomic mass is 10.1. The van der Waals surface area contributed by atoms with Crippen molar-refractivity contribution in [2.75, 3.05) is 6.79 Å². The van der Waals surface area contributed by atoms with Crippen LogP contribution in [0.1, 0.15) is 34.6 Å². The highest BCUT2D eigenvalue weighted by atomic mass is 16.7. The number of nitrogens with one attached hydrogen (secondary N) is 1. The summed E-state index contributed by atoms with van der Waals surface area (Å²) in [6.45, 7) is 4.07. The number of benzene rings is 1. The van der Waals surface area contributed by atoms with Crippen molar-refractivity contribution in [3.8, 4) is 17.3 Å². The van der Waals surface area contributed by atoms with Crippen LogP contribution in [0.25, 0.3) is 5.82 Å². The molecule has 1 amide bonds. The number of amides is 1. The number of nitrogens with zero attached hydrogens (tertiary/aromatic N) is 3. The Hall–Kier alpha value is -3.35. The van der Waals surface area contributed by atoms with Crippen LogP contribution in [-0.4, -0.2) is 27.5 Å². The third-order valence-corrected chi connectivity index (χ3v) is 4.36. The van der Waals surface area contributed by atoms with Crippen molar-refractivity contribution in [2.24, 2.45) is 0 Å². The third kappa shape index (κ3) is 2.88. The minimum atomic E-state index is -0.203. The molecule has 3 heterocycles. The van der Waals surface area contributed by atoms with Gasteiger partial charge in [0.1, 0.15) is 0 Å². The Morgan fingerprint density at radius 3 is 2.88 bits per heavy atom. The van der Waals surface area contributed by atoms with E-state index in [-0.39, 0.29) is 18.7 Å². The minimum absolute atomic E-state index is 0.180. The first-order chi connectivity index (χ1) is 12.6. The van der Waals surface area contributed by atoms with Crippen LogP contribution in [0.15, 0.2) is 48.8 Å². The summed E-state index contributed by atoms with van der Waals surface area (Å²) in [6, 6.07) is 10.6. The Morgan fingerprint density at radius 1 is 1.23 bits per heavy atom. The predicted molar refractivity (Wildman–Crippen MR) is 94.5 cm³/mol. The van der Waals surface area contributed by atoms with Crippen LogP contribution in [0.4, 0.5) is 0 Å². The highest BCUT2D eigenvalue weighted by molar-refractivity contribution is 5.95. The molecule has 1 aliphatic heterocycles. The van der Waals surface area contributed by atoms with E-state index >= 15 is 0 Å². The van der Waals surface area contributed by atoms with E-state index in [9.17, 15) is 4.79 Å². The van der Waals surface area contributed by atoms with Gasteiger partial charge < -0.3 is 14.8 Å². The molecule has 1 atom stereocenters. The summed E-state index contributed by atoms with van der Waals surface area (Å²) in [5.41, 5.74) is 2.39. The van der Waals surface area contributed by atoms with Crippen molar-refractivity contribution < 1.29 is 14.3 Å². The average molecular weight is 350 g/mol. The van der Waals surface area contributed by atoms with E-state index in [0.717, 1.165) is 17.1 Å². The van der Waals surface area contributed by atoms with Gasteiger partial charge in [0.15, 0.2) is 17.3 Å². The first-order valence-electron chi connectivity index (χ1n) is 8.30. The van der Waals surface area contributed by atoms with Crippen LogP contribution in [-0.2, 0) is 0 Å². The van der Waals surface area contributed by atoms with Crippen molar-refractivity contribution in [3.63, 3.8) is 0 Å². The van der Waals surface area contributed by atoms with Gasteiger partial charge in [-0.3, -0.25) is 4.79 Å². The quantitative estimate of drug-likeness (QED) is 0.783. The van der Waals surface area contributed by atoms with Crippen molar-refractivity contribution in [1.82, 2.24) is 20.1 Å². The molecule has 1 N–H and O–H groups in total. The summed E-state index contributed by atoms with van der Waals surface area (Å²) in [6.07, 6.45) is 3.48. The molecular weight excluding hydrogens is 332 g/mol. The zero-order valence-corrected chi connectivity index (χ0v) is 14.5. The number of hydrogen-bond acceptors (Lipinski definition) is 5. The lowest BCUT2D eigenvalue weighted by Gasteiger charge is -2.14. The zero-order valence-electron chi connectivity index (χ0n) is 14.5. The molecule has 0 saturated heterocycles. The fourth-order valence-corrected chi connectivity index (χ4v) is 2.95. The van der Waals surface area contributed by atoms with E-state index in [0.29, 0.717) is 17.1 Å². The van der Waals surface area contributed by atoms with Gasteiger partial charge in [-0.15, -0.1) is 0 Å². The Balaban J connectivity index is 1.52. The standard InChI is InChI=1S/C19H18N4O3/c1-12(15-10-21-23(13(15)2)18-5-3-4-8-20-18)22-19(24)14-6-7-16-17(9-14)26-11-25-16/h3-10,12H,11H2,1-2H3,(H,22,24). The largest absolute Gasteiger partial charge is 0.454 e. The zero-order chi connectivity index (χ0) is 18.1. The van der Waals surface area contributed by atoms with Crippen LogP contribution in [0.5, 0.6) is 11.5 Å². The fourth-order valence-electron chi connectivity index (χ4n) is 2.95. The van der Waals surface area contributed by atoms with Gasteiger partial charge in [-0.2, -0.15) is 5.10 Å². The molecule has 26 heavy (non-hydrogen) atoms. The van der Waals surface area contributed by atoms with E-state index in [2.05, 4.69) is 15.4 Å². The second kappa shape index (κ2) is 6.51. The number of pyridine rings is 1. The maximum absolute atomic E-state index is 12.6. The van der Waals surface area contributed by atoms with Gasteiger partial charge in [-0.1, -0.05) is 6.07 Å². The number of ether oxygens (including phenoxy) is 2. The summed E-state index contributed by atoms with van der Waals surface area (Å²) in [5.74, 6) is 1.80. The molecule has 0 radical (unpaired) electrons. The Kier molecular flexibility index (Phi) is 4.04. The third-order valence-electron chi connectivity index (χ3n) is 4.36. The number of hydrogen-bond donors (Lipinski definition) is 1. The lowest BCUT2D eigenvalue weighted by Crippen LogP contribution is -2.26. The molecular formula is C19H18N4O3. The normalized spacial score (nSPS) is 13.5. The van der Waals surface area contributed by atoms with Gasteiger partial charge in [-0.05, 0) is 44.2 Å². The summed E-state index contributed by atoms with van der Waals surface area (Å²) >= 11 is 0.